The van der Waals surface area contributed by atoms with Crippen LogP contribution in [0.3, 0.4) is 0 Å². The summed E-state index contributed by atoms with van der Waals surface area (Å²) in [5.74, 6) is -0.124. The fourth-order valence-corrected chi connectivity index (χ4v) is 4.29. The van der Waals surface area contributed by atoms with Gasteiger partial charge in [-0.25, -0.2) is 4.39 Å². The Kier molecular flexibility index (Phi) is 4.01. The molecular formula is C22H24FNO. The molecule has 2 aliphatic rings. The maximum absolute atomic E-state index is 13.3. The van der Waals surface area contributed by atoms with E-state index in [1.54, 1.807) is 0 Å². The highest BCUT2D eigenvalue weighted by Crippen LogP contribution is 2.52. The lowest BCUT2D eigenvalue weighted by Gasteiger charge is -2.33. The van der Waals surface area contributed by atoms with Crippen LogP contribution in [0.25, 0.3) is 0 Å². The molecule has 1 aliphatic heterocycles. The fraction of sp³-hybridized carbons (Fsp3) is 0.364. The summed E-state index contributed by atoms with van der Waals surface area (Å²) < 4.78 is 13.3. The van der Waals surface area contributed by atoms with Crippen molar-refractivity contribution in [2.75, 3.05) is 20.1 Å². The average molecular weight is 337 g/mol. The Morgan fingerprint density at radius 3 is 2.60 bits per heavy atom. The van der Waals surface area contributed by atoms with Crippen molar-refractivity contribution >= 4 is 0 Å². The summed E-state index contributed by atoms with van der Waals surface area (Å²) >= 11 is 0. The summed E-state index contributed by atoms with van der Waals surface area (Å²) in [6, 6.07) is 13.1. The van der Waals surface area contributed by atoms with Crippen LogP contribution in [0.15, 0.2) is 54.1 Å². The Morgan fingerprint density at radius 1 is 1.16 bits per heavy atom. The van der Waals surface area contributed by atoms with Crippen molar-refractivity contribution in [3.63, 3.8) is 0 Å². The third-order valence-corrected chi connectivity index (χ3v) is 5.75. The maximum atomic E-state index is 13.3. The quantitative estimate of drug-likeness (QED) is 0.833. The molecule has 0 spiro atoms. The number of fused-ring (bicyclic) bond motifs is 1. The predicted octanol–water partition coefficient (Wildman–Crippen LogP) is 4.12. The highest BCUT2D eigenvalue weighted by atomic mass is 19.1. The molecule has 1 heterocycles. The van der Waals surface area contributed by atoms with Crippen LogP contribution in [0.5, 0.6) is 0 Å². The molecule has 1 N–H and O–H groups in total. The van der Waals surface area contributed by atoms with Crippen molar-refractivity contribution in [1.29, 1.82) is 0 Å². The minimum absolute atomic E-state index is 0.0988. The first-order chi connectivity index (χ1) is 12.0. The Labute approximate surface area is 148 Å². The van der Waals surface area contributed by atoms with Gasteiger partial charge in [0.05, 0.1) is 0 Å². The average Bonchev–Trinajstić information content (AvgIpc) is 2.90. The summed E-state index contributed by atoms with van der Waals surface area (Å²) in [5, 5.41) is 11.7. The van der Waals surface area contributed by atoms with E-state index in [-0.39, 0.29) is 11.7 Å². The number of rotatable bonds is 2. The molecule has 0 saturated carbocycles. The molecule has 0 aromatic heterocycles. The second kappa shape index (κ2) is 6.08. The first-order valence-electron chi connectivity index (χ1n) is 8.94. The minimum atomic E-state index is -0.915. The van der Waals surface area contributed by atoms with Crippen LogP contribution in [-0.2, 0) is 5.60 Å². The number of hydrogen-bond donors (Lipinski definition) is 1. The van der Waals surface area contributed by atoms with Gasteiger partial charge in [0.1, 0.15) is 11.4 Å². The molecule has 0 amide bonds. The van der Waals surface area contributed by atoms with Crippen molar-refractivity contribution in [2.45, 2.75) is 31.3 Å². The van der Waals surface area contributed by atoms with Crippen LogP contribution in [0.2, 0.25) is 0 Å². The van der Waals surface area contributed by atoms with Crippen LogP contribution >= 0.6 is 0 Å². The van der Waals surface area contributed by atoms with E-state index in [0.29, 0.717) is 6.42 Å². The van der Waals surface area contributed by atoms with E-state index >= 15 is 0 Å². The number of likely N-dealkylation sites (N-methyl/N-ethyl adjacent to an activating group) is 1. The number of hydrogen-bond acceptors (Lipinski definition) is 2. The van der Waals surface area contributed by atoms with Crippen molar-refractivity contribution in [3.05, 3.63) is 82.2 Å². The monoisotopic (exact) mass is 337 g/mol. The van der Waals surface area contributed by atoms with Gasteiger partial charge in [0, 0.05) is 19.0 Å². The zero-order chi connectivity index (χ0) is 17.6. The second-order valence-corrected chi connectivity index (χ2v) is 7.50. The van der Waals surface area contributed by atoms with Crippen LogP contribution in [0, 0.1) is 12.7 Å². The molecule has 2 aromatic carbocycles. The van der Waals surface area contributed by atoms with Gasteiger partial charge in [-0.15, -0.1) is 0 Å². The largest absolute Gasteiger partial charge is 0.381 e. The fourth-order valence-electron chi connectivity index (χ4n) is 4.29. The molecule has 2 nitrogen and oxygen atoms in total. The maximum Gasteiger partial charge on any atom is 0.123 e. The molecule has 0 bridgehead atoms. The Morgan fingerprint density at radius 2 is 1.92 bits per heavy atom. The van der Waals surface area contributed by atoms with Gasteiger partial charge in [-0.1, -0.05) is 42.0 Å². The van der Waals surface area contributed by atoms with Crippen LogP contribution in [-0.4, -0.2) is 30.1 Å². The van der Waals surface area contributed by atoms with E-state index in [0.717, 1.165) is 41.8 Å². The SMILES string of the molecule is Cc1ccc2c(c1)C(O)(C1=CCN(C)CC1)CC2c1ccc(F)cc1. The van der Waals surface area contributed by atoms with Crippen molar-refractivity contribution in [2.24, 2.45) is 0 Å². The van der Waals surface area contributed by atoms with E-state index in [9.17, 15) is 9.50 Å². The summed E-state index contributed by atoms with van der Waals surface area (Å²) in [6.45, 7) is 3.91. The van der Waals surface area contributed by atoms with Gasteiger partial charge in [0.2, 0.25) is 0 Å². The predicted molar refractivity (Wildman–Crippen MR) is 98.1 cm³/mol. The summed E-state index contributed by atoms with van der Waals surface area (Å²) in [5.41, 5.74) is 4.63. The Bertz CT molecular complexity index is 826. The molecule has 2 unspecified atom stereocenters. The van der Waals surface area contributed by atoms with Gasteiger partial charge < -0.3 is 10.0 Å². The van der Waals surface area contributed by atoms with E-state index in [2.05, 4.69) is 43.1 Å². The number of aryl methyl sites for hydroxylation is 1. The van der Waals surface area contributed by atoms with Crippen LogP contribution < -0.4 is 0 Å². The molecule has 0 radical (unpaired) electrons. The highest BCUT2D eigenvalue weighted by Gasteiger charge is 2.45. The third-order valence-electron chi connectivity index (χ3n) is 5.75. The third kappa shape index (κ3) is 2.82. The minimum Gasteiger partial charge on any atom is -0.381 e. The zero-order valence-electron chi connectivity index (χ0n) is 14.8. The second-order valence-electron chi connectivity index (χ2n) is 7.50. The molecule has 130 valence electrons. The van der Waals surface area contributed by atoms with Crippen molar-refractivity contribution in [1.82, 2.24) is 4.90 Å². The van der Waals surface area contributed by atoms with Crippen molar-refractivity contribution < 1.29 is 9.50 Å². The number of nitrogens with zero attached hydrogens (tertiary/aromatic N) is 1. The first-order valence-corrected chi connectivity index (χ1v) is 8.94. The number of aliphatic hydroxyl groups is 1. The number of benzene rings is 2. The van der Waals surface area contributed by atoms with Gasteiger partial charge in [-0.05, 0) is 61.2 Å². The smallest absolute Gasteiger partial charge is 0.123 e. The first kappa shape index (κ1) is 16.5. The molecule has 3 heteroatoms. The van der Waals surface area contributed by atoms with Gasteiger partial charge in [-0.2, -0.15) is 0 Å². The molecule has 4 rings (SSSR count). The summed E-state index contributed by atoms with van der Waals surface area (Å²) in [4.78, 5) is 2.26. The van der Waals surface area contributed by atoms with E-state index < -0.39 is 5.60 Å². The molecule has 2 atom stereocenters. The van der Waals surface area contributed by atoms with E-state index in [1.165, 1.54) is 17.7 Å². The lowest BCUT2D eigenvalue weighted by molar-refractivity contribution is 0.0671. The van der Waals surface area contributed by atoms with Crippen LogP contribution in [0.1, 0.15) is 41.0 Å². The van der Waals surface area contributed by atoms with Gasteiger partial charge in [0.15, 0.2) is 0 Å². The van der Waals surface area contributed by atoms with Crippen LogP contribution in [0.4, 0.5) is 4.39 Å². The molecule has 25 heavy (non-hydrogen) atoms. The standard InChI is InChI=1S/C22H24FNO/c1-15-3-8-19-20(16-4-6-18(23)7-5-16)14-22(25,21(19)13-15)17-9-11-24(2)12-10-17/h3-9,13,20,25H,10-12,14H2,1-2H3. The highest BCUT2D eigenvalue weighted by molar-refractivity contribution is 5.52. The topological polar surface area (TPSA) is 23.5 Å². The molecular weight excluding hydrogens is 313 g/mol. The zero-order valence-corrected chi connectivity index (χ0v) is 14.8. The molecule has 0 saturated heterocycles. The van der Waals surface area contributed by atoms with Gasteiger partial charge >= 0.3 is 0 Å². The molecule has 0 fully saturated rings. The van der Waals surface area contributed by atoms with E-state index in [4.69, 9.17) is 0 Å². The Balaban J connectivity index is 1.80. The lowest BCUT2D eigenvalue weighted by Crippen LogP contribution is -2.33. The van der Waals surface area contributed by atoms with Gasteiger partial charge in [0.25, 0.3) is 0 Å². The summed E-state index contributed by atoms with van der Waals surface area (Å²) in [7, 11) is 2.10. The number of halogens is 1. The molecule has 1 aliphatic carbocycles. The normalized spacial score (nSPS) is 26.4. The van der Waals surface area contributed by atoms with Crippen molar-refractivity contribution in [3.8, 4) is 0 Å². The lowest BCUT2D eigenvalue weighted by atomic mass is 9.83. The van der Waals surface area contributed by atoms with E-state index in [1.807, 2.05) is 12.1 Å². The Hall–Kier alpha value is -1.97. The van der Waals surface area contributed by atoms with Gasteiger partial charge in [-0.3, -0.25) is 0 Å². The molecule has 2 aromatic rings. The summed E-state index contributed by atoms with van der Waals surface area (Å²) in [6.07, 6.45) is 3.70.